The first-order chi connectivity index (χ1) is 8.70. The number of hydrogen-bond acceptors (Lipinski definition) is 5. The van der Waals surface area contributed by atoms with Gasteiger partial charge < -0.3 is 10.1 Å². The van der Waals surface area contributed by atoms with Crippen LogP contribution in [0.1, 0.15) is 41.2 Å². The smallest absolute Gasteiger partial charge is 0.357 e. The topological polar surface area (TPSA) is 68.3 Å². The van der Waals surface area contributed by atoms with Crippen LogP contribution in [0.4, 0.5) is 0 Å². The van der Waals surface area contributed by atoms with Gasteiger partial charge in [-0.25, -0.2) is 9.78 Å². The molecule has 0 atom stereocenters. The summed E-state index contributed by atoms with van der Waals surface area (Å²) in [5.41, 5.74) is 0.299. The predicted molar refractivity (Wildman–Crippen MR) is 67.3 cm³/mol. The van der Waals surface area contributed by atoms with E-state index in [0.29, 0.717) is 12.2 Å². The SMILES string of the molecule is COC(=O)c1csc(CNC(=O)C2CCCC2)n1. The van der Waals surface area contributed by atoms with E-state index in [2.05, 4.69) is 15.0 Å². The Morgan fingerprint density at radius 3 is 2.89 bits per heavy atom. The minimum absolute atomic E-state index is 0.0994. The molecule has 98 valence electrons. The zero-order chi connectivity index (χ0) is 13.0. The van der Waals surface area contributed by atoms with Crippen LogP contribution in [-0.2, 0) is 16.1 Å². The molecule has 0 bridgehead atoms. The van der Waals surface area contributed by atoms with Crippen molar-refractivity contribution < 1.29 is 14.3 Å². The average Bonchev–Trinajstić information content (AvgIpc) is 3.05. The summed E-state index contributed by atoms with van der Waals surface area (Å²) in [7, 11) is 1.32. The number of ether oxygens (including phenoxy) is 1. The fraction of sp³-hybridized carbons (Fsp3) is 0.583. The number of methoxy groups -OCH3 is 1. The van der Waals surface area contributed by atoms with Crippen LogP contribution in [0.15, 0.2) is 5.38 Å². The highest BCUT2D eigenvalue weighted by atomic mass is 32.1. The monoisotopic (exact) mass is 268 g/mol. The van der Waals surface area contributed by atoms with Gasteiger partial charge in [-0.1, -0.05) is 12.8 Å². The zero-order valence-electron chi connectivity index (χ0n) is 10.3. The van der Waals surface area contributed by atoms with Crippen molar-refractivity contribution in [2.75, 3.05) is 7.11 Å². The molecule has 0 saturated heterocycles. The summed E-state index contributed by atoms with van der Waals surface area (Å²) in [4.78, 5) is 27.1. The molecule has 1 amide bonds. The van der Waals surface area contributed by atoms with Crippen LogP contribution in [0.3, 0.4) is 0 Å². The molecular formula is C12H16N2O3S. The number of nitrogens with one attached hydrogen (secondary N) is 1. The van der Waals surface area contributed by atoms with Crippen molar-refractivity contribution in [3.63, 3.8) is 0 Å². The van der Waals surface area contributed by atoms with Crippen LogP contribution in [-0.4, -0.2) is 24.0 Å². The molecule has 1 aliphatic rings. The molecule has 1 fully saturated rings. The molecule has 0 aromatic carbocycles. The summed E-state index contributed by atoms with van der Waals surface area (Å²) in [5.74, 6) is -0.188. The third kappa shape index (κ3) is 3.07. The van der Waals surface area contributed by atoms with E-state index in [0.717, 1.165) is 30.7 Å². The fourth-order valence-electron chi connectivity index (χ4n) is 2.09. The Morgan fingerprint density at radius 2 is 2.22 bits per heavy atom. The standard InChI is InChI=1S/C12H16N2O3S/c1-17-12(16)9-7-18-10(14-9)6-13-11(15)8-4-2-3-5-8/h7-8H,2-6H2,1H3,(H,13,15). The van der Waals surface area contributed by atoms with Gasteiger partial charge >= 0.3 is 5.97 Å². The van der Waals surface area contributed by atoms with Gasteiger partial charge in [0.2, 0.25) is 5.91 Å². The molecule has 18 heavy (non-hydrogen) atoms. The predicted octanol–water partition coefficient (Wildman–Crippen LogP) is 1.74. The van der Waals surface area contributed by atoms with Crippen molar-refractivity contribution in [3.05, 3.63) is 16.1 Å². The third-order valence-electron chi connectivity index (χ3n) is 3.09. The summed E-state index contributed by atoms with van der Waals surface area (Å²) in [6.07, 6.45) is 4.25. The van der Waals surface area contributed by atoms with Crippen LogP contribution in [0.25, 0.3) is 0 Å². The van der Waals surface area contributed by atoms with Gasteiger partial charge in [0.15, 0.2) is 5.69 Å². The lowest BCUT2D eigenvalue weighted by Gasteiger charge is -2.08. The lowest BCUT2D eigenvalue weighted by molar-refractivity contribution is -0.124. The van der Waals surface area contributed by atoms with Crippen molar-refractivity contribution in [2.45, 2.75) is 32.2 Å². The van der Waals surface area contributed by atoms with Gasteiger partial charge in [-0.2, -0.15) is 0 Å². The Hall–Kier alpha value is -1.43. The molecular weight excluding hydrogens is 252 g/mol. The van der Waals surface area contributed by atoms with Crippen LogP contribution >= 0.6 is 11.3 Å². The fourth-order valence-corrected chi connectivity index (χ4v) is 2.79. The second kappa shape index (κ2) is 5.95. The number of nitrogens with zero attached hydrogens (tertiary/aromatic N) is 1. The molecule has 1 saturated carbocycles. The van der Waals surface area contributed by atoms with Crippen molar-refractivity contribution in [1.29, 1.82) is 0 Å². The Bertz CT molecular complexity index is 438. The quantitative estimate of drug-likeness (QED) is 0.844. The Balaban J connectivity index is 1.84. The van der Waals surface area contributed by atoms with Crippen LogP contribution < -0.4 is 5.32 Å². The summed E-state index contributed by atoms with van der Waals surface area (Å²) >= 11 is 1.35. The lowest BCUT2D eigenvalue weighted by atomic mass is 10.1. The van der Waals surface area contributed by atoms with E-state index >= 15 is 0 Å². The van der Waals surface area contributed by atoms with E-state index in [1.807, 2.05) is 0 Å². The molecule has 0 radical (unpaired) electrons. The van der Waals surface area contributed by atoms with Crippen molar-refractivity contribution in [3.8, 4) is 0 Å². The molecule has 1 aliphatic carbocycles. The van der Waals surface area contributed by atoms with Gasteiger partial charge in [-0.15, -0.1) is 11.3 Å². The Labute approximate surface area is 110 Å². The zero-order valence-corrected chi connectivity index (χ0v) is 11.1. The van der Waals surface area contributed by atoms with E-state index in [9.17, 15) is 9.59 Å². The number of thiazole rings is 1. The van der Waals surface area contributed by atoms with Gasteiger partial charge in [0.1, 0.15) is 5.01 Å². The summed E-state index contributed by atoms with van der Waals surface area (Å²) in [6, 6.07) is 0. The molecule has 5 nitrogen and oxygen atoms in total. The maximum atomic E-state index is 11.8. The average molecular weight is 268 g/mol. The Morgan fingerprint density at radius 1 is 1.50 bits per heavy atom. The van der Waals surface area contributed by atoms with E-state index in [1.54, 1.807) is 5.38 Å². The molecule has 1 N–H and O–H groups in total. The normalized spacial score (nSPS) is 15.6. The molecule has 6 heteroatoms. The van der Waals surface area contributed by atoms with Crippen LogP contribution in [0.2, 0.25) is 0 Å². The lowest BCUT2D eigenvalue weighted by Crippen LogP contribution is -2.28. The van der Waals surface area contributed by atoms with E-state index < -0.39 is 5.97 Å². The molecule has 0 unspecified atom stereocenters. The first-order valence-electron chi connectivity index (χ1n) is 6.01. The number of aromatic nitrogens is 1. The Kier molecular flexibility index (Phi) is 4.30. The maximum Gasteiger partial charge on any atom is 0.357 e. The van der Waals surface area contributed by atoms with Crippen LogP contribution in [0, 0.1) is 5.92 Å². The van der Waals surface area contributed by atoms with Crippen molar-refractivity contribution in [2.24, 2.45) is 5.92 Å². The molecule has 1 aromatic rings. The number of hydrogen-bond donors (Lipinski definition) is 1. The summed E-state index contributed by atoms with van der Waals surface area (Å²) in [6.45, 7) is 0.386. The number of esters is 1. The van der Waals surface area contributed by atoms with Gasteiger partial charge in [0.25, 0.3) is 0 Å². The van der Waals surface area contributed by atoms with Gasteiger partial charge in [0.05, 0.1) is 13.7 Å². The number of amides is 1. The van der Waals surface area contributed by atoms with E-state index in [4.69, 9.17) is 0 Å². The summed E-state index contributed by atoms with van der Waals surface area (Å²) in [5, 5.41) is 5.23. The highest BCUT2D eigenvalue weighted by Crippen LogP contribution is 2.24. The van der Waals surface area contributed by atoms with Gasteiger partial charge in [-0.05, 0) is 12.8 Å². The van der Waals surface area contributed by atoms with Gasteiger partial charge in [0, 0.05) is 11.3 Å². The highest BCUT2D eigenvalue weighted by Gasteiger charge is 2.22. The van der Waals surface area contributed by atoms with E-state index in [-0.39, 0.29) is 11.8 Å². The van der Waals surface area contributed by atoms with Gasteiger partial charge in [-0.3, -0.25) is 4.79 Å². The molecule has 0 spiro atoms. The maximum absolute atomic E-state index is 11.8. The highest BCUT2D eigenvalue weighted by molar-refractivity contribution is 7.09. The van der Waals surface area contributed by atoms with Crippen molar-refractivity contribution in [1.82, 2.24) is 10.3 Å². The molecule has 0 aliphatic heterocycles. The first-order valence-corrected chi connectivity index (χ1v) is 6.89. The third-order valence-corrected chi connectivity index (χ3v) is 3.93. The minimum Gasteiger partial charge on any atom is -0.464 e. The number of carbonyl (C=O) groups is 2. The molecule has 1 heterocycles. The molecule has 2 rings (SSSR count). The minimum atomic E-state index is -0.445. The van der Waals surface area contributed by atoms with Crippen molar-refractivity contribution >= 4 is 23.2 Å². The second-order valence-corrected chi connectivity index (χ2v) is 5.26. The van der Waals surface area contributed by atoms with E-state index in [1.165, 1.54) is 18.4 Å². The number of rotatable bonds is 4. The summed E-state index contributed by atoms with van der Waals surface area (Å²) < 4.78 is 4.57. The molecule has 1 aromatic heterocycles. The largest absolute Gasteiger partial charge is 0.464 e. The van der Waals surface area contributed by atoms with Crippen LogP contribution in [0.5, 0.6) is 0 Å². The second-order valence-electron chi connectivity index (χ2n) is 4.32. The first kappa shape index (κ1) is 13.0. The number of carbonyl (C=O) groups excluding carboxylic acids is 2.